The van der Waals surface area contributed by atoms with Gasteiger partial charge in [0.15, 0.2) is 0 Å². The van der Waals surface area contributed by atoms with Gasteiger partial charge in [0.25, 0.3) is 0 Å². The zero-order valence-corrected chi connectivity index (χ0v) is 8.23. The van der Waals surface area contributed by atoms with Crippen molar-refractivity contribution in [3.8, 4) is 0 Å². The Morgan fingerprint density at radius 1 is 1.43 bits per heavy atom. The molecule has 0 aromatic heterocycles. The number of anilines is 1. The predicted octanol–water partition coefficient (Wildman–Crippen LogP) is 1.44. The Morgan fingerprint density at radius 3 is 2.86 bits per heavy atom. The van der Waals surface area contributed by atoms with E-state index in [0.29, 0.717) is 0 Å². The molecular formula is C11H14N2O. The highest BCUT2D eigenvalue weighted by Gasteiger charge is 2.33. The Hall–Kier alpha value is -1.35. The Balaban J connectivity index is 2.42. The van der Waals surface area contributed by atoms with E-state index in [-0.39, 0.29) is 5.91 Å². The van der Waals surface area contributed by atoms with Crippen LogP contribution in [-0.2, 0) is 4.79 Å². The Morgan fingerprint density at radius 2 is 2.14 bits per heavy atom. The summed E-state index contributed by atoms with van der Waals surface area (Å²) in [6.45, 7) is 2.81. The topological polar surface area (TPSA) is 46.3 Å². The van der Waals surface area contributed by atoms with Gasteiger partial charge in [-0.3, -0.25) is 4.79 Å². The fourth-order valence-electron chi connectivity index (χ4n) is 1.87. The Bertz CT molecular complexity index is 362. The summed E-state index contributed by atoms with van der Waals surface area (Å²) in [5, 5.41) is 0. The van der Waals surface area contributed by atoms with Crippen LogP contribution < -0.4 is 10.6 Å². The van der Waals surface area contributed by atoms with Crippen molar-refractivity contribution < 1.29 is 4.79 Å². The number of fused-ring (bicyclic) bond motifs is 1. The van der Waals surface area contributed by atoms with Gasteiger partial charge >= 0.3 is 0 Å². The van der Waals surface area contributed by atoms with Crippen molar-refractivity contribution in [1.82, 2.24) is 0 Å². The lowest BCUT2D eigenvalue weighted by Crippen LogP contribution is -2.32. The van der Waals surface area contributed by atoms with Gasteiger partial charge in [0.2, 0.25) is 5.91 Å². The summed E-state index contributed by atoms with van der Waals surface area (Å²) in [4.78, 5) is 13.5. The molecule has 1 atom stereocenters. The molecule has 0 bridgehead atoms. The minimum Gasteiger partial charge on any atom is -0.316 e. The van der Waals surface area contributed by atoms with Crippen LogP contribution in [0.4, 0.5) is 5.69 Å². The molecule has 3 heteroatoms. The molecule has 0 aliphatic carbocycles. The maximum Gasteiger partial charge on any atom is 0.248 e. The average molecular weight is 190 g/mol. The fourth-order valence-corrected chi connectivity index (χ4v) is 1.87. The molecule has 0 saturated heterocycles. The van der Waals surface area contributed by atoms with Crippen LogP contribution in [0.15, 0.2) is 24.3 Å². The molecule has 1 aliphatic heterocycles. The van der Waals surface area contributed by atoms with Crippen molar-refractivity contribution >= 4 is 11.6 Å². The molecule has 2 rings (SSSR count). The molecule has 74 valence electrons. The zero-order chi connectivity index (χ0) is 10.1. The van der Waals surface area contributed by atoms with E-state index in [1.165, 1.54) is 0 Å². The number of benzene rings is 1. The van der Waals surface area contributed by atoms with E-state index in [9.17, 15) is 4.79 Å². The summed E-state index contributed by atoms with van der Waals surface area (Å²) >= 11 is 0. The summed E-state index contributed by atoms with van der Waals surface area (Å²) in [5.41, 5.74) is 7.75. The molecule has 2 N–H and O–H groups in total. The maximum atomic E-state index is 11.8. The number of nitrogens with zero attached hydrogens (tertiary/aromatic N) is 1. The Labute approximate surface area is 83.5 Å². The van der Waals surface area contributed by atoms with E-state index < -0.39 is 6.04 Å². The number of carbonyl (C=O) groups is 1. The van der Waals surface area contributed by atoms with Crippen molar-refractivity contribution in [2.45, 2.75) is 19.4 Å². The molecule has 0 unspecified atom stereocenters. The molecule has 0 radical (unpaired) electrons. The number of amides is 1. The van der Waals surface area contributed by atoms with Gasteiger partial charge in [-0.15, -0.1) is 0 Å². The van der Waals surface area contributed by atoms with E-state index in [1.54, 1.807) is 4.90 Å². The molecule has 0 saturated carbocycles. The number of rotatable bonds is 2. The highest BCUT2D eigenvalue weighted by molar-refractivity contribution is 6.04. The molecule has 1 aromatic rings. The first-order valence-electron chi connectivity index (χ1n) is 4.91. The zero-order valence-electron chi connectivity index (χ0n) is 8.23. The number of para-hydroxylation sites is 1. The summed E-state index contributed by atoms with van der Waals surface area (Å²) in [6, 6.07) is 7.27. The first-order chi connectivity index (χ1) is 6.75. The van der Waals surface area contributed by atoms with Gasteiger partial charge in [-0.1, -0.05) is 25.1 Å². The SMILES string of the molecule is CCCN1C(=O)[C@@H](N)c2ccccc21. The number of carbonyl (C=O) groups excluding carboxylic acids is 1. The Kier molecular flexibility index (Phi) is 2.25. The molecule has 1 aromatic carbocycles. The summed E-state index contributed by atoms with van der Waals surface area (Å²) < 4.78 is 0. The minimum atomic E-state index is -0.460. The fraction of sp³-hybridized carbons (Fsp3) is 0.364. The second-order valence-corrected chi connectivity index (χ2v) is 3.53. The third kappa shape index (κ3) is 1.21. The van der Waals surface area contributed by atoms with Gasteiger partial charge in [-0.25, -0.2) is 0 Å². The van der Waals surface area contributed by atoms with Crippen LogP contribution in [0.2, 0.25) is 0 Å². The monoisotopic (exact) mass is 190 g/mol. The van der Waals surface area contributed by atoms with Gasteiger partial charge in [-0.05, 0) is 12.5 Å². The van der Waals surface area contributed by atoms with Gasteiger partial charge in [0, 0.05) is 17.8 Å². The predicted molar refractivity (Wildman–Crippen MR) is 56.0 cm³/mol. The van der Waals surface area contributed by atoms with E-state index in [2.05, 4.69) is 6.92 Å². The van der Waals surface area contributed by atoms with Crippen molar-refractivity contribution in [2.75, 3.05) is 11.4 Å². The van der Waals surface area contributed by atoms with Gasteiger partial charge in [0.05, 0.1) is 0 Å². The first-order valence-corrected chi connectivity index (χ1v) is 4.91. The van der Waals surface area contributed by atoms with Crippen LogP contribution in [0.5, 0.6) is 0 Å². The van der Waals surface area contributed by atoms with E-state index in [4.69, 9.17) is 5.73 Å². The second-order valence-electron chi connectivity index (χ2n) is 3.53. The highest BCUT2D eigenvalue weighted by Crippen LogP contribution is 2.33. The third-order valence-electron chi connectivity index (χ3n) is 2.54. The van der Waals surface area contributed by atoms with E-state index in [1.807, 2.05) is 24.3 Å². The van der Waals surface area contributed by atoms with Gasteiger partial charge in [-0.2, -0.15) is 0 Å². The lowest BCUT2D eigenvalue weighted by Gasteiger charge is -2.15. The van der Waals surface area contributed by atoms with Crippen LogP contribution in [0.1, 0.15) is 24.9 Å². The van der Waals surface area contributed by atoms with Crippen LogP contribution in [0.25, 0.3) is 0 Å². The van der Waals surface area contributed by atoms with Crippen LogP contribution in [0, 0.1) is 0 Å². The molecule has 0 spiro atoms. The second kappa shape index (κ2) is 3.42. The summed E-state index contributed by atoms with van der Waals surface area (Å²) in [7, 11) is 0. The minimum absolute atomic E-state index is 0.0213. The smallest absolute Gasteiger partial charge is 0.248 e. The number of nitrogens with two attached hydrogens (primary N) is 1. The highest BCUT2D eigenvalue weighted by atomic mass is 16.2. The van der Waals surface area contributed by atoms with Crippen molar-refractivity contribution in [1.29, 1.82) is 0 Å². The molecule has 14 heavy (non-hydrogen) atoms. The molecular weight excluding hydrogens is 176 g/mol. The van der Waals surface area contributed by atoms with Gasteiger partial charge < -0.3 is 10.6 Å². The summed E-state index contributed by atoms with van der Waals surface area (Å²) in [6.07, 6.45) is 0.951. The largest absolute Gasteiger partial charge is 0.316 e. The number of hydrogen-bond acceptors (Lipinski definition) is 2. The maximum absolute atomic E-state index is 11.8. The van der Waals surface area contributed by atoms with Crippen molar-refractivity contribution in [2.24, 2.45) is 5.73 Å². The van der Waals surface area contributed by atoms with Crippen LogP contribution in [0.3, 0.4) is 0 Å². The molecule has 0 fully saturated rings. The van der Waals surface area contributed by atoms with Crippen LogP contribution in [-0.4, -0.2) is 12.5 Å². The van der Waals surface area contributed by atoms with Crippen molar-refractivity contribution in [3.63, 3.8) is 0 Å². The van der Waals surface area contributed by atoms with Crippen molar-refractivity contribution in [3.05, 3.63) is 29.8 Å². The summed E-state index contributed by atoms with van der Waals surface area (Å²) in [5.74, 6) is 0.0213. The van der Waals surface area contributed by atoms with E-state index in [0.717, 1.165) is 24.2 Å². The van der Waals surface area contributed by atoms with E-state index >= 15 is 0 Å². The molecule has 1 aliphatic rings. The third-order valence-corrected chi connectivity index (χ3v) is 2.54. The molecule has 1 amide bonds. The standard InChI is InChI=1S/C11H14N2O/c1-2-7-13-9-6-4-3-5-8(9)10(12)11(13)14/h3-6,10H,2,7,12H2,1H3/t10-/m0/s1. The lowest BCUT2D eigenvalue weighted by molar-refractivity contribution is -0.119. The van der Waals surface area contributed by atoms with Crippen LogP contribution >= 0.6 is 0 Å². The first kappa shape index (κ1) is 9.21. The average Bonchev–Trinajstić information content (AvgIpc) is 2.45. The lowest BCUT2D eigenvalue weighted by atomic mass is 10.1. The quantitative estimate of drug-likeness (QED) is 0.767. The normalized spacial score (nSPS) is 20.0. The van der Waals surface area contributed by atoms with Gasteiger partial charge in [0.1, 0.15) is 6.04 Å². The molecule has 1 heterocycles. The molecule has 3 nitrogen and oxygen atoms in total. The number of hydrogen-bond donors (Lipinski definition) is 1.